The van der Waals surface area contributed by atoms with Crippen LogP contribution in [0.1, 0.15) is 121 Å². The number of aryl methyl sites for hydroxylation is 1. The number of nitrogens with one attached hydrogen (secondary N) is 1. The molecular formula is C40H56F7KN3-. The summed E-state index contributed by atoms with van der Waals surface area (Å²) in [4.78, 5) is 6.14. The number of allylic oxidation sites excluding steroid dienone is 3. The zero-order valence-corrected chi connectivity index (χ0v) is 34.8. The second-order valence-electron chi connectivity index (χ2n) is 12.8. The van der Waals surface area contributed by atoms with Crippen LogP contribution in [0.5, 0.6) is 0 Å². The molecule has 3 nitrogen and oxygen atoms in total. The summed E-state index contributed by atoms with van der Waals surface area (Å²) in [6, 6.07) is 5.85. The first-order chi connectivity index (χ1) is 23.6. The van der Waals surface area contributed by atoms with Crippen LogP contribution in [0.3, 0.4) is 0 Å². The molecule has 3 rings (SSSR count). The normalized spacial score (nSPS) is 14.4. The van der Waals surface area contributed by atoms with E-state index in [1.54, 1.807) is 18.2 Å². The van der Waals surface area contributed by atoms with Crippen LogP contribution in [-0.4, -0.2) is 31.4 Å². The van der Waals surface area contributed by atoms with Crippen LogP contribution < -0.4 is 56.7 Å². The van der Waals surface area contributed by atoms with E-state index < -0.39 is 35.0 Å². The maximum atomic E-state index is 14.5. The van der Waals surface area contributed by atoms with Gasteiger partial charge in [-0.25, -0.2) is 4.39 Å². The Morgan fingerprint density at radius 3 is 1.96 bits per heavy atom. The minimum atomic E-state index is -4.97. The molecule has 0 aromatic heterocycles. The van der Waals surface area contributed by atoms with Gasteiger partial charge in [-0.05, 0) is 81.3 Å². The third-order valence-electron chi connectivity index (χ3n) is 8.20. The molecule has 2 aromatic rings. The minimum Gasteiger partial charge on any atom is -0.452 e. The molecule has 1 saturated carbocycles. The number of halogens is 7. The quantitative estimate of drug-likeness (QED) is 0.0323. The van der Waals surface area contributed by atoms with Gasteiger partial charge in [0.2, 0.25) is 0 Å². The van der Waals surface area contributed by atoms with Crippen LogP contribution >= 0.6 is 0 Å². The molecular weight excluding hydrogens is 695 g/mol. The van der Waals surface area contributed by atoms with Gasteiger partial charge in [0.25, 0.3) is 0 Å². The summed E-state index contributed by atoms with van der Waals surface area (Å²) in [6.07, 6.45) is 9.18. The minimum absolute atomic E-state index is 0. The first-order valence-electron chi connectivity index (χ1n) is 17.8. The van der Waals surface area contributed by atoms with Crippen LogP contribution in [-0.2, 0) is 18.8 Å². The standard InChI is InChI=1S/C24H21F7N2.C9H21N.C7H14.K/c1-4-6-20(21-8-7-16(5-2)9-22(21)25)15(3)13-32-14-33-19-11-17(23(26,27)28)10-18(12-19)24(29,30)31;1-4-6-7-9-10(3)8-5-2;1-7-5-3-2-4-6-7;/h6-13H,3-5H2,1-2H3,(H,32,33);4-9H2,1-3H3;7H,2-6H2,1H3;/q-2;;;+1/b15-13+,20-6+;;;. The van der Waals surface area contributed by atoms with Gasteiger partial charge in [-0.1, -0.05) is 116 Å². The summed E-state index contributed by atoms with van der Waals surface area (Å²) in [6.45, 7) is 16.9. The fraction of sp³-hybridized carbons (Fsp3) is 0.550. The summed E-state index contributed by atoms with van der Waals surface area (Å²) < 4.78 is 92.1. The zero-order chi connectivity index (χ0) is 37.7. The molecule has 0 amide bonds. The topological polar surface area (TPSA) is 27.6 Å². The molecule has 0 unspecified atom stereocenters. The molecule has 51 heavy (non-hydrogen) atoms. The van der Waals surface area contributed by atoms with E-state index >= 15 is 0 Å². The van der Waals surface area contributed by atoms with Crippen molar-refractivity contribution in [3.05, 3.63) is 89.2 Å². The van der Waals surface area contributed by atoms with Crippen LogP contribution in [0.25, 0.3) is 5.57 Å². The Morgan fingerprint density at radius 1 is 0.902 bits per heavy atom. The van der Waals surface area contributed by atoms with Crippen LogP contribution in [0.2, 0.25) is 0 Å². The first-order valence-corrected chi connectivity index (χ1v) is 17.8. The fourth-order valence-corrected chi connectivity index (χ4v) is 5.35. The number of rotatable bonds is 13. The number of aliphatic imine (C=N–C) groups is 1. The van der Waals surface area contributed by atoms with Gasteiger partial charge >= 0.3 is 63.7 Å². The van der Waals surface area contributed by atoms with Gasteiger partial charge in [-0.2, -0.15) is 38.8 Å². The monoisotopic (exact) mass is 750 g/mol. The van der Waals surface area contributed by atoms with E-state index in [2.05, 4.69) is 56.3 Å². The van der Waals surface area contributed by atoms with Crippen LogP contribution in [0, 0.1) is 18.7 Å². The number of alkyl halides is 6. The van der Waals surface area contributed by atoms with Gasteiger partial charge in [-0.15, -0.1) is 11.6 Å². The third kappa shape index (κ3) is 20.4. The van der Waals surface area contributed by atoms with Crippen molar-refractivity contribution in [2.24, 2.45) is 10.9 Å². The van der Waals surface area contributed by atoms with E-state index in [0.29, 0.717) is 36.1 Å². The SMILES string of the molecule is CC1CCCCC1.CCCCCN(C)CCC.[CH2-]C(=C\N=[C-]Nc1cc(C(F)(F)F)cc(C(F)(F)F)c1)/C(=C\CC)c1ccc(CC)cc1F.[K+]. The number of unbranched alkanes of at least 4 members (excludes halogenated alkanes) is 2. The van der Waals surface area contributed by atoms with E-state index in [9.17, 15) is 30.7 Å². The second-order valence-corrected chi connectivity index (χ2v) is 12.8. The van der Waals surface area contributed by atoms with E-state index in [0.717, 1.165) is 11.5 Å². The summed E-state index contributed by atoms with van der Waals surface area (Å²) in [5.74, 6) is 0.590. The Bertz CT molecular complexity index is 1310. The zero-order valence-electron chi connectivity index (χ0n) is 31.6. The first kappa shape index (κ1) is 49.4. The molecule has 0 spiro atoms. The Morgan fingerprint density at radius 2 is 1.51 bits per heavy atom. The maximum Gasteiger partial charge on any atom is 1.00 e. The van der Waals surface area contributed by atoms with Crippen LogP contribution in [0.4, 0.5) is 36.4 Å². The maximum absolute atomic E-state index is 14.5. The van der Waals surface area contributed by atoms with Crippen LogP contribution in [0.15, 0.2) is 59.2 Å². The Hall–Kier alpha value is -1.63. The largest absolute Gasteiger partial charge is 1.00 e. The van der Waals surface area contributed by atoms with Crippen molar-refractivity contribution in [1.29, 1.82) is 0 Å². The van der Waals surface area contributed by atoms with Crippen molar-refractivity contribution in [1.82, 2.24) is 4.90 Å². The van der Waals surface area contributed by atoms with Gasteiger partial charge in [0.05, 0.1) is 0 Å². The Balaban J connectivity index is 0.00000113. The van der Waals surface area contributed by atoms with Gasteiger partial charge in [-0.3, -0.25) is 0 Å². The molecule has 0 aliphatic heterocycles. The van der Waals surface area contributed by atoms with Crippen molar-refractivity contribution >= 4 is 17.6 Å². The summed E-state index contributed by atoms with van der Waals surface area (Å²) >= 11 is 0. The van der Waals surface area contributed by atoms with E-state index in [1.165, 1.54) is 83.1 Å². The molecule has 1 aliphatic rings. The summed E-state index contributed by atoms with van der Waals surface area (Å²) in [5, 5.41) is 2.18. The van der Waals surface area contributed by atoms with Crippen molar-refractivity contribution in [2.45, 2.75) is 118 Å². The van der Waals surface area contributed by atoms with Crippen molar-refractivity contribution in [2.75, 3.05) is 25.5 Å². The van der Waals surface area contributed by atoms with Gasteiger partial charge < -0.3 is 15.2 Å². The number of hydrogen-bond acceptors (Lipinski definition) is 2. The number of hydrogen-bond donors (Lipinski definition) is 1. The fourth-order valence-electron chi connectivity index (χ4n) is 5.35. The molecule has 0 saturated heterocycles. The molecule has 1 aliphatic carbocycles. The van der Waals surface area contributed by atoms with Crippen molar-refractivity contribution < 1.29 is 82.1 Å². The average Bonchev–Trinajstić information content (AvgIpc) is 3.06. The van der Waals surface area contributed by atoms with E-state index in [4.69, 9.17) is 0 Å². The Kier molecular flexibility index (Phi) is 25.4. The van der Waals surface area contributed by atoms with Gasteiger partial charge in [0.1, 0.15) is 5.82 Å². The molecule has 1 N–H and O–H groups in total. The molecule has 0 heterocycles. The number of anilines is 1. The van der Waals surface area contributed by atoms with Gasteiger partial charge in [0.15, 0.2) is 0 Å². The molecule has 0 atom stereocenters. The summed E-state index contributed by atoms with van der Waals surface area (Å²) in [5.41, 5.74) is -1.56. The molecule has 11 heteroatoms. The summed E-state index contributed by atoms with van der Waals surface area (Å²) in [7, 11) is 2.21. The Labute approximate surface area is 345 Å². The predicted molar refractivity (Wildman–Crippen MR) is 195 cm³/mol. The average molecular weight is 751 g/mol. The van der Waals surface area contributed by atoms with Crippen molar-refractivity contribution in [3.63, 3.8) is 0 Å². The number of nitrogens with zero attached hydrogens (tertiary/aromatic N) is 2. The van der Waals surface area contributed by atoms with E-state index in [-0.39, 0.29) is 63.0 Å². The van der Waals surface area contributed by atoms with Crippen molar-refractivity contribution in [3.8, 4) is 0 Å². The predicted octanol–water partition coefficient (Wildman–Crippen LogP) is 10.1. The van der Waals surface area contributed by atoms with E-state index in [1.807, 2.05) is 13.8 Å². The molecule has 2 aromatic carbocycles. The number of benzene rings is 2. The molecule has 0 bridgehead atoms. The smallest absolute Gasteiger partial charge is 0.452 e. The third-order valence-corrected chi connectivity index (χ3v) is 8.20. The molecule has 1 fully saturated rings. The molecule has 0 radical (unpaired) electrons. The molecule has 282 valence electrons. The van der Waals surface area contributed by atoms with Gasteiger partial charge in [0, 0.05) is 11.1 Å². The second kappa shape index (κ2) is 26.2.